The van der Waals surface area contributed by atoms with Crippen molar-refractivity contribution in [3.05, 3.63) is 42.2 Å². The Hall–Kier alpha value is -2.50. The van der Waals surface area contributed by atoms with Gasteiger partial charge in [0.1, 0.15) is 18.1 Å². The number of amides is 1. The summed E-state index contributed by atoms with van der Waals surface area (Å²) >= 11 is 0. The molecule has 6 heteroatoms. The maximum absolute atomic E-state index is 11.6. The van der Waals surface area contributed by atoms with Gasteiger partial charge in [-0.05, 0) is 12.1 Å². The molecule has 0 spiro atoms. The number of hydrogen-bond acceptors (Lipinski definition) is 4. The number of carbonyl (C=O) groups is 1. The van der Waals surface area contributed by atoms with Crippen LogP contribution in [0.5, 0.6) is 5.75 Å². The number of carbonyl (C=O) groups excluding carboxylic acids is 1. The highest BCUT2D eigenvalue weighted by Crippen LogP contribution is 2.07. The highest BCUT2D eigenvalue weighted by atomic mass is 16.5. The van der Waals surface area contributed by atoms with Gasteiger partial charge in [-0.15, -0.1) is 0 Å². The molecule has 2 aromatic rings. The van der Waals surface area contributed by atoms with Crippen LogP contribution in [-0.2, 0) is 0 Å². The van der Waals surface area contributed by atoms with Gasteiger partial charge in [-0.3, -0.25) is 9.89 Å². The molecule has 94 valence electrons. The number of benzene rings is 1. The van der Waals surface area contributed by atoms with Gasteiger partial charge in [0, 0.05) is 0 Å². The molecule has 0 saturated heterocycles. The number of ether oxygens (including phenoxy) is 1. The van der Waals surface area contributed by atoms with Crippen LogP contribution in [0, 0.1) is 0 Å². The molecule has 0 atom stereocenters. The zero-order valence-electron chi connectivity index (χ0n) is 9.72. The lowest BCUT2D eigenvalue weighted by atomic mass is 10.3. The van der Waals surface area contributed by atoms with Gasteiger partial charge in [0.25, 0.3) is 5.91 Å². The number of rotatable bonds is 5. The minimum atomic E-state index is -0.290. The highest BCUT2D eigenvalue weighted by molar-refractivity contribution is 5.96. The van der Waals surface area contributed by atoms with E-state index < -0.39 is 0 Å². The number of aromatic amines is 1. The summed E-state index contributed by atoms with van der Waals surface area (Å²) < 4.78 is 5.43. The number of H-pyrrole nitrogens is 1. The third-order valence-corrected chi connectivity index (χ3v) is 2.30. The lowest BCUT2D eigenvalue weighted by Crippen LogP contribution is -2.28. The molecule has 0 saturated carbocycles. The van der Waals surface area contributed by atoms with Gasteiger partial charge in [-0.2, -0.15) is 5.10 Å². The average molecular weight is 246 g/mol. The van der Waals surface area contributed by atoms with Crippen molar-refractivity contribution in [1.82, 2.24) is 15.5 Å². The first-order valence-electron chi connectivity index (χ1n) is 5.52. The number of hydrogen-bond donors (Lipinski definition) is 3. The Morgan fingerprint density at radius 1 is 1.39 bits per heavy atom. The molecule has 0 fully saturated rings. The monoisotopic (exact) mass is 246 g/mol. The maximum Gasteiger partial charge on any atom is 0.271 e. The summed E-state index contributed by atoms with van der Waals surface area (Å²) in [6, 6.07) is 9.40. The van der Waals surface area contributed by atoms with Crippen LogP contribution >= 0.6 is 0 Å². The first-order chi connectivity index (χ1) is 8.77. The smallest absolute Gasteiger partial charge is 0.271 e. The molecule has 6 nitrogen and oxygen atoms in total. The van der Waals surface area contributed by atoms with Crippen LogP contribution in [-0.4, -0.2) is 29.3 Å². The van der Waals surface area contributed by atoms with E-state index in [1.165, 1.54) is 6.20 Å². The van der Waals surface area contributed by atoms with E-state index in [0.29, 0.717) is 18.8 Å². The minimum absolute atomic E-state index is 0.273. The normalized spacial score (nSPS) is 10.0. The Kier molecular flexibility index (Phi) is 3.80. The van der Waals surface area contributed by atoms with Crippen molar-refractivity contribution in [3.8, 4) is 5.75 Å². The van der Waals surface area contributed by atoms with Crippen LogP contribution in [0.3, 0.4) is 0 Å². The summed E-state index contributed by atoms with van der Waals surface area (Å²) in [5.74, 6) is 0.481. The van der Waals surface area contributed by atoms with Gasteiger partial charge in [0.2, 0.25) is 0 Å². The molecule has 18 heavy (non-hydrogen) atoms. The van der Waals surface area contributed by atoms with Crippen molar-refractivity contribution in [1.29, 1.82) is 0 Å². The average Bonchev–Trinajstić information content (AvgIpc) is 2.82. The van der Waals surface area contributed by atoms with Crippen LogP contribution in [0.1, 0.15) is 10.5 Å². The fourth-order valence-electron chi connectivity index (χ4n) is 1.42. The van der Waals surface area contributed by atoms with E-state index in [1.807, 2.05) is 30.3 Å². The molecule has 1 aromatic carbocycles. The topological polar surface area (TPSA) is 93.0 Å². The summed E-state index contributed by atoms with van der Waals surface area (Å²) in [6.07, 6.45) is 1.40. The van der Waals surface area contributed by atoms with Gasteiger partial charge in [-0.25, -0.2) is 0 Å². The summed E-state index contributed by atoms with van der Waals surface area (Å²) in [6.45, 7) is 0.788. The molecule has 0 aliphatic rings. The third-order valence-electron chi connectivity index (χ3n) is 2.30. The van der Waals surface area contributed by atoms with E-state index in [9.17, 15) is 4.79 Å². The van der Waals surface area contributed by atoms with Crippen molar-refractivity contribution in [2.75, 3.05) is 18.9 Å². The van der Waals surface area contributed by atoms with Gasteiger partial charge in [-0.1, -0.05) is 18.2 Å². The summed E-state index contributed by atoms with van der Waals surface area (Å²) in [7, 11) is 0. The number of para-hydroxylation sites is 1. The summed E-state index contributed by atoms with van der Waals surface area (Å²) in [4.78, 5) is 11.6. The van der Waals surface area contributed by atoms with Crippen molar-refractivity contribution in [2.24, 2.45) is 0 Å². The molecule has 1 aromatic heterocycles. The molecular formula is C12H14N4O2. The second-order valence-corrected chi connectivity index (χ2v) is 3.62. The number of nitrogens with two attached hydrogens (primary N) is 1. The Bertz CT molecular complexity index is 510. The van der Waals surface area contributed by atoms with Gasteiger partial charge in [0.15, 0.2) is 0 Å². The molecule has 0 radical (unpaired) electrons. The second kappa shape index (κ2) is 5.72. The van der Waals surface area contributed by atoms with E-state index in [0.717, 1.165) is 5.75 Å². The van der Waals surface area contributed by atoms with E-state index in [4.69, 9.17) is 10.5 Å². The van der Waals surface area contributed by atoms with E-state index >= 15 is 0 Å². The van der Waals surface area contributed by atoms with Crippen LogP contribution in [0.15, 0.2) is 36.5 Å². The molecule has 2 rings (SSSR count). The number of aromatic nitrogens is 2. The molecule has 1 amide bonds. The molecule has 4 N–H and O–H groups in total. The van der Waals surface area contributed by atoms with E-state index in [2.05, 4.69) is 15.5 Å². The zero-order valence-corrected chi connectivity index (χ0v) is 9.72. The summed E-state index contributed by atoms with van der Waals surface area (Å²) in [5.41, 5.74) is 6.15. The lowest BCUT2D eigenvalue weighted by molar-refractivity contribution is 0.0943. The maximum atomic E-state index is 11.6. The zero-order chi connectivity index (χ0) is 12.8. The Labute approximate surface area is 104 Å². The standard InChI is InChI=1S/C12H14N4O2/c13-10-8-15-16-11(10)12(17)14-6-7-18-9-4-2-1-3-5-9/h1-5,8H,6-7,13H2,(H,14,17)(H,15,16). The molecular weight excluding hydrogens is 232 g/mol. The highest BCUT2D eigenvalue weighted by Gasteiger charge is 2.10. The summed E-state index contributed by atoms with van der Waals surface area (Å²) in [5, 5.41) is 8.89. The van der Waals surface area contributed by atoms with Crippen molar-refractivity contribution < 1.29 is 9.53 Å². The lowest BCUT2D eigenvalue weighted by Gasteiger charge is -2.07. The molecule has 0 aliphatic heterocycles. The quantitative estimate of drug-likeness (QED) is 0.680. The van der Waals surface area contributed by atoms with E-state index in [-0.39, 0.29) is 11.6 Å². The number of nitrogens with zero attached hydrogens (tertiary/aromatic N) is 1. The van der Waals surface area contributed by atoms with Gasteiger partial charge < -0.3 is 15.8 Å². The van der Waals surface area contributed by atoms with Gasteiger partial charge in [0.05, 0.1) is 18.4 Å². The fraction of sp³-hybridized carbons (Fsp3) is 0.167. The predicted molar refractivity (Wildman–Crippen MR) is 67.3 cm³/mol. The minimum Gasteiger partial charge on any atom is -0.492 e. The van der Waals surface area contributed by atoms with Gasteiger partial charge >= 0.3 is 0 Å². The molecule has 1 heterocycles. The first-order valence-corrected chi connectivity index (χ1v) is 5.52. The number of anilines is 1. The van der Waals surface area contributed by atoms with Crippen molar-refractivity contribution >= 4 is 11.6 Å². The van der Waals surface area contributed by atoms with E-state index in [1.54, 1.807) is 0 Å². The Morgan fingerprint density at radius 3 is 2.83 bits per heavy atom. The van der Waals surface area contributed by atoms with Crippen LogP contribution < -0.4 is 15.8 Å². The first kappa shape index (κ1) is 12.0. The number of nitrogens with one attached hydrogen (secondary N) is 2. The van der Waals surface area contributed by atoms with Crippen LogP contribution in [0.2, 0.25) is 0 Å². The largest absolute Gasteiger partial charge is 0.492 e. The van der Waals surface area contributed by atoms with Crippen LogP contribution in [0.25, 0.3) is 0 Å². The van der Waals surface area contributed by atoms with Crippen LogP contribution in [0.4, 0.5) is 5.69 Å². The van der Waals surface area contributed by atoms with Crippen molar-refractivity contribution in [3.63, 3.8) is 0 Å². The number of nitrogen functional groups attached to an aromatic ring is 1. The third kappa shape index (κ3) is 3.00. The second-order valence-electron chi connectivity index (χ2n) is 3.62. The molecule has 0 bridgehead atoms. The Balaban J connectivity index is 1.73. The molecule has 0 aliphatic carbocycles. The Morgan fingerprint density at radius 2 is 2.17 bits per heavy atom. The fourth-order valence-corrected chi connectivity index (χ4v) is 1.42. The SMILES string of the molecule is Nc1cn[nH]c1C(=O)NCCOc1ccccc1. The van der Waals surface area contributed by atoms with Crippen molar-refractivity contribution in [2.45, 2.75) is 0 Å². The molecule has 0 unspecified atom stereocenters. The predicted octanol–water partition coefficient (Wildman–Crippen LogP) is 0.801.